The molecule has 0 aromatic carbocycles. The van der Waals surface area contributed by atoms with Crippen LogP contribution in [0.15, 0.2) is 0 Å². The Kier molecular flexibility index (Phi) is 24.8. The van der Waals surface area contributed by atoms with Crippen LogP contribution in [0, 0.1) is 10.1 Å². The molecule has 26 valence electrons. The summed E-state index contributed by atoms with van der Waals surface area (Å²) in [5.41, 5.74) is 0. The maximum atomic E-state index is 8.12. The van der Waals surface area contributed by atoms with E-state index in [2.05, 4.69) is 0 Å². The van der Waals surface area contributed by atoms with Crippen LogP contribution in [0.2, 0.25) is 0 Å². The van der Waals surface area contributed by atoms with Crippen LogP contribution in [0.25, 0.3) is 0 Å². The minimum Gasteiger partial charge on any atom is -0.267 e. The summed E-state index contributed by atoms with van der Waals surface area (Å²) in [6.07, 6.45) is 0. The topological polar surface area (TPSA) is 54.1 Å². The second-order valence-electron chi connectivity index (χ2n) is 0.0833. The van der Waals surface area contributed by atoms with Crippen LogP contribution in [-0.4, -0.2) is 0 Å². The van der Waals surface area contributed by atoms with Crippen LogP contribution in [0.3, 0.4) is 0 Å². The van der Waals surface area contributed by atoms with Crippen LogP contribution in [0.1, 0.15) is 0 Å². The van der Waals surface area contributed by atoms with E-state index in [4.69, 9.17) is 10.1 Å². The molecule has 0 rings (SSSR count). The lowest BCUT2D eigenvalue weighted by molar-refractivity contribution is -0.398. The zero-order chi connectivity index (χ0) is 2.71. The van der Waals surface area contributed by atoms with E-state index in [0.29, 0.717) is 0 Å². The van der Waals surface area contributed by atoms with Crippen molar-refractivity contribution in [3.8, 4) is 0 Å². The molecule has 0 aliphatic carbocycles. The number of halogens is 1. The van der Waals surface area contributed by atoms with Gasteiger partial charge in [0.05, 0.1) is 0 Å². The summed E-state index contributed by atoms with van der Waals surface area (Å²) < 4.78 is 0. The van der Waals surface area contributed by atoms with Gasteiger partial charge in [0.25, 0.3) is 0 Å². The second-order valence-corrected chi connectivity index (χ2v) is 0.0833. The first-order valence-corrected chi connectivity index (χ1v) is 0.408. The van der Waals surface area contributed by atoms with Gasteiger partial charge in [-0.05, 0) is 0 Å². The zero-order valence-corrected chi connectivity index (χ0v) is 4.06. The van der Waals surface area contributed by atoms with E-state index in [9.17, 15) is 0 Å². The van der Waals surface area contributed by atoms with Crippen LogP contribution in [0.5, 0.6) is 0 Å². The van der Waals surface area contributed by atoms with Gasteiger partial charge < -0.3 is 0 Å². The molecule has 3 nitrogen and oxygen atoms in total. The minimum atomic E-state index is 0. The summed E-state index contributed by atoms with van der Waals surface area (Å²) in [5, 5.41) is 8.38. The van der Waals surface area contributed by atoms with Gasteiger partial charge in [0.2, 0.25) is 0 Å². The van der Waals surface area contributed by atoms with Gasteiger partial charge in [0, 0.05) is 5.34 Å². The number of hydrogen-bond acceptors (Lipinski definition) is 2. The van der Waals surface area contributed by atoms with Crippen molar-refractivity contribution in [2.75, 3.05) is 0 Å². The molecule has 4 heavy (non-hydrogen) atoms. The molecular formula is H2INO2. The molecule has 0 aliphatic rings. The molecule has 0 saturated carbocycles. The van der Waals surface area contributed by atoms with Crippen LogP contribution >= 0.6 is 24.0 Å². The normalized spacial score (nSPS) is 3.00. The third-order valence-electron chi connectivity index (χ3n) is 0. The second kappa shape index (κ2) is 11.1. The standard InChI is InChI=1S/HI.HNO2/c;2-1-3/h1H;1H. The number of rotatable bonds is 0. The predicted octanol–water partition coefficient (Wildman–Crippen LogP) is -1.05. The summed E-state index contributed by atoms with van der Waals surface area (Å²) in [7, 11) is 0. The molecule has 0 amide bonds. The highest BCUT2D eigenvalue weighted by Gasteiger charge is 1.10. The lowest BCUT2D eigenvalue weighted by atomic mass is 13.4. The maximum Gasteiger partial charge on any atom is 0.00366 e. The third kappa shape index (κ3) is 161. The van der Waals surface area contributed by atoms with E-state index >= 15 is 0 Å². The van der Waals surface area contributed by atoms with E-state index < -0.39 is 0 Å². The fourth-order valence-corrected chi connectivity index (χ4v) is 0. The Morgan fingerprint density at radius 2 is 1.75 bits per heavy atom. The first kappa shape index (κ1) is 8.92. The lowest BCUT2D eigenvalue weighted by Gasteiger charge is -1.36. The van der Waals surface area contributed by atoms with Crippen molar-refractivity contribution >= 4 is 24.0 Å². The van der Waals surface area contributed by atoms with Gasteiger partial charge in [0.15, 0.2) is 0 Å². The Morgan fingerprint density at radius 3 is 1.75 bits per heavy atom. The van der Waals surface area contributed by atoms with Gasteiger partial charge in [0.1, 0.15) is 0 Å². The van der Waals surface area contributed by atoms with Crippen molar-refractivity contribution in [1.29, 1.82) is 0 Å². The van der Waals surface area contributed by atoms with Crippen LogP contribution in [0.4, 0.5) is 0 Å². The average Bonchev–Trinajstić information content (AvgIpc) is 0.918. The smallest absolute Gasteiger partial charge is 0.00366 e. The van der Waals surface area contributed by atoms with E-state index in [-0.39, 0.29) is 29.3 Å². The van der Waals surface area contributed by atoms with Crippen molar-refractivity contribution in [1.82, 2.24) is 0 Å². The Morgan fingerprint density at radius 1 is 1.75 bits per heavy atom. The molecule has 0 fully saturated rings. The highest BCUT2D eigenvalue weighted by Crippen LogP contribution is 0.886. The van der Waals surface area contributed by atoms with Gasteiger partial charge in [-0.25, -0.2) is 0 Å². The molecule has 0 aromatic heterocycles. The molecule has 0 saturated heterocycles. The Labute approximate surface area is 40.0 Å². The van der Waals surface area contributed by atoms with Gasteiger partial charge in [-0.3, -0.25) is 10.1 Å². The maximum absolute atomic E-state index is 8.12. The zero-order valence-electron chi connectivity index (χ0n) is 1.72. The van der Waals surface area contributed by atoms with Gasteiger partial charge in [-0.15, -0.1) is 24.0 Å². The molecular weight excluding hydrogens is 173 g/mol. The lowest BCUT2D eigenvalue weighted by Crippen LogP contribution is -2.53. The van der Waals surface area contributed by atoms with E-state index in [1.807, 2.05) is 0 Å². The Hall–Kier alpha value is 0.130. The molecule has 0 radical (unpaired) electrons. The van der Waals surface area contributed by atoms with Crippen LogP contribution < -0.4 is 5.34 Å². The SMILES string of the molecule is I.O=[NH+][O-]. The Balaban J connectivity index is 0. The first-order chi connectivity index (χ1) is 1.41. The van der Waals surface area contributed by atoms with Crippen molar-refractivity contribution < 1.29 is 5.34 Å². The monoisotopic (exact) mass is 175 g/mol. The average molecular weight is 175 g/mol. The number of nitrogens with one attached hydrogen (secondary N) is 1. The van der Waals surface area contributed by atoms with Crippen molar-refractivity contribution in [2.45, 2.75) is 0 Å². The van der Waals surface area contributed by atoms with Gasteiger partial charge in [-0.1, -0.05) is 0 Å². The van der Waals surface area contributed by atoms with Crippen molar-refractivity contribution in [2.24, 2.45) is 0 Å². The fraction of sp³-hybridized carbons (Fsp3) is 0. The molecule has 0 atom stereocenters. The summed E-state index contributed by atoms with van der Waals surface area (Å²) in [4.78, 5) is 8.12. The molecule has 4 heteroatoms. The van der Waals surface area contributed by atoms with E-state index in [1.54, 1.807) is 0 Å². The summed E-state index contributed by atoms with van der Waals surface area (Å²) in [6, 6.07) is 0. The van der Waals surface area contributed by atoms with Crippen molar-refractivity contribution in [3.63, 3.8) is 0 Å². The number of hydrogen-bond donors (Lipinski definition) is 1. The summed E-state index contributed by atoms with van der Waals surface area (Å²) >= 11 is 0. The van der Waals surface area contributed by atoms with Gasteiger partial charge in [-0.2, -0.15) is 0 Å². The first-order valence-electron chi connectivity index (χ1n) is 0.408. The largest absolute Gasteiger partial charge is 0.267 e. The molecule has 0 bridgehead atoms. The quantitative estimate of drug-likeness (QED) is 0.290. The fourth-order valence-electron chi connectivity index (χ4n) is 0. The molecule has 1 N–H and O–H groups in total. The molecule has 0 unspecified atom stereocenters. The third-order valence-corrected chi connectivity index (χ3v) is 0. The highest BCUT2D eigenvalue weighted by molar-refractivity contribution is 14.0. The summed E-state index contributed by atoms with van der Waals surface area (Å²) in [5.74, 6) is 0. The summed E-state index contributed by atoms with van der Waals surface area (Å²) in [6.45, 7) is 0. The van der Waals surface area contributed by atoms with Crippen LogP contribution in [-0.2, 0) is 0 Å². The molecule has 0 heterocycles. The van der Waals surface area contributed by atoms with Crippen molar-refractivity contribution in [3.05, 3.63) is 10.1 Å². The Bertz CT molecular complexity index is 13.5. The molecule has 0 aliphatic heterocycles. The minimum absolute atomic E-state index is 0. The molecule has 0 spiro atoms. The molecule has 0 aromatic rings. The van der Waals surface area contributed by atoms with E-state index in [0.717, 1.165) is 0 Å². The van der Waals surface area contributed by atoms with Gasteiger partial charge >= 0.3 is 0 Å². The highest BCUT2D eigenvalue weighted by atomic mass is 127. The van der Waals surface area contributed by atoms with E-state index in [1.165, 1.54) is 0 Å². The predicted molar refractivity (Wildman–Crippen MR) is 23.1 cm³/mol.